The molecule has 4 aliphatic rings. The van der Waals surface area contributed by atoms with Crippen molar-refractivity contribution < 1.29 is 0 Å². The van der Waals surface area contributed by atoms with Crippen LogP contribution in [0.4, 0.5) is 22.7 Å². The quantitative estimate of drug-likeness (QED) is 0.133. The van der Waals surface area contributed by atoms with Crippen molar-refractivity contribution in [3.8, 4) is 0 Å². The molecular formula is C55H68N2. The molecule has 2 nitrogen and oxygen atoms in total. The second-order valence-corrected chi connectivity index (χ2v) is 18.2. The summed E-state index contributed by atoms with van der Waals surface area (Å²) in [4.78, 5) is 5.32. The molecule has 8 rings (SSSR count). The van der Waals surface area contributed by atoms with Crippen molar-refractivity contribution in [2.24, 2.45) is 17.8 Å². The van der Waals surface area contributed by atoms with Crippen molar-refractivity contribution in [3.05, 3.63) is 153 Å². The lowest BCUT2D eigenvalue weighted by Crippen LogP contribution is -2.41. The molecule has 4 aromatic rings. The first-order valence-corrected chi connectivity index (χ1v) is 22.8. The van der Waals surface area contributed by atoms with Crippen LogP contribution in [0.2, 0.25) is 0 Å². The van der Waals surface area contributed by atoms with Gasteiger partial charge in [-0.3, -0.25) is 0 Å². The number of nitrogens with zero attached hydrogens (tertiary/aromatic N) is 2. The van der Waals surface area contributed by atoms with E-state index in [0.29, 0.717) is 35.6 Å². The van der Waals surface area contributed by atoms with Gasteiger partial charge < -0.3 is 9.80 Å². The zero-order chi connectivity index (χ0) is 39.8. The molecule has 298 valence electrons. The Hall–Kier alpha value is -4.30. The van der Waals surface area contributed by atoms with E-state index in [4.69, 9.17) is 0 Å². The van der Waals surface area contributed by atoms with Crippen LogP contribution >= 0.6 is 0 Å². The summed E-state index contributed by atoms with van der Waals surface area (Å²) in [6, 6.07) is 31.8. The molecule has 57 heavy (non-hydrogen) atoms. The lowest BCUT2D eigenvalue weighted by atomic mass is 9.65. The molecule has 2 heteroatoms. The van der Waals surface area contributed by atoms with Crippen molar-refractivity contribution in [1.82, 2.24) is 0 Å². The minimum absolute atomic E-state index is 0.363. The third-order valence-corrected chi connectivity index (χ3v) is 14.4. The Labute approximate surface area is 345 Å². The SMILES string of the molecule is CCCCc1cc(C)c(N(C2=CCC3C(=C2)C2CCCC2c2cc(N(c4ccc(CC)cc4)C4C(C)=CC(CC)CC4C)ccc23)c2ccc(CC)cc2)c(C)c1. The number of fused-ring (bicyclic) bond motifs is 6. The maximum Gasteiger partial charge on any atom is 0.0574 e. The standard InChI is InChI=1S/C55H68N2/c1-9-13-15-43-32-38(7)55(39(8)33-43)57(45-24-20-41(11-3)21-25-45)47-27-29-51-50-28-26-46(34-52(50)48-16-14-17-49(48)53(51)35-47)56(44-22-18-40(10-2)19-23-44)54-36(5)30-42(12-4)31-37(54)6/h18-28,30,32-35,37,42,48-49,51,54H,9-17,29,31H2,1-8H3. The summed E-state index contributed by atoms with van der Waals surface area (Å²) in [6.45, 7) is 18.7. The Morgan fingerprint density at radius 2 is 1.33 bits per heavy atom. The molecule has 0 amide bonds. The number of unbranched alkanes of at least 4 members (excludes halogenated alkanes) is 1. The van der Waals surface area contributed by atoms with E-state index < -0.39 is 0 Å². The van der Waals surface area contributed by atoms with Crippen molar-refractivity contribution in [2.75, 3.05) is 9.80 Å². The van der Waals surface area contributed by atoms with Gasteiger partial charge in [0, 0.05) is 28.7 Å². The molecule has 0 aromatic heterocycles. The van der Waals surface area contributed by atoms with Crippen molar-refractivity contribution in [2.45, 2.75) is 144 Å². The second-order valence-electron chi connectivity index (χ2n) is 18.2. The maximum absolute atomic E-state index is 2.72. The molecule has 0 aliphatic heterocycles. The van der Waals surface area contributed by atoms with Crippen LogP contribution in [0.25, 0.3) is 0 Å². The van der Waals surface area contributed by atoms with Gasteiger partial charge in [-0.05, 0) is 184 Å². The van der Waals surface area contributed by atoms with E-state index in [1.807, 2.05) is 0 Å². The van der Waals surface area contributed by atoms with Gasteiger partial charge in [0.05, 0.1) is 11.7 Å². The largest absolute Gasteiger partial charge is 0.334 e. The van der Waals surface area contributed by atoms with Crippen LogP contribution in [-0.2, 0) is 19.3 Å². The highest BCUT2D eigenvalue weighted by Gasteiger charge is 2.43. The van der Waals surface area contributed by atoms with Gasteiger partial charge in [0.25, 0.3) is 0 Å². The summed E-state index contributed by atoms with van der Waals surface area (Å²) in [5.41, 5.74) is 20.1. The Bertz CT molecular complexity index is 2120. The highest BCUT2D eigenvalue weighted by atomic mass is 15.2. The lowest BCUT2D eigenvalue weighted by molar-refractivity contribution is 0.367. The summed E-state index contributed by atoms with van der Waals surface area (Å²) in [5, 5.41) is 0. The maximum atomic E-state index is 2.72. The van der Waals surface area contributed by atoms with E-state index in [-0.39, 0.29) is 0 Å². The number of anilines is 4. The fourth-order valence-corrected chi connectivity index (χ4v) is 11.5. The summed E-state index contributed by atoms with van der Waals surface area (Å²) >= 11 is 0. The van der Waals surface area contributed by atoms with Crippen molar-refractivity contribution in [3.63, 3.8) is 0 Å². The van der Waals surface area contributed by atoms with Crippen LogP contribution in [0.5, 0.6) is 0 Å². The molecule has 0 spiro atoms. The van der Waals surface area contributed by atoms with Gasteiger partial charge in [0.2, 0.25) is 0 Å². The molecule has 0 N–H and O–H groups in total. The predicted molar refractivity (Wildman–Crippen MR) is 246 cm³/mol. The summed E-state index contributed by atoms with van der Waals surface area (Å²) in [7, 11) is 0. The highest BCUT2D eigenvalue weighted by molar-refractivity contribution is 5.77. The number of benzene rings is 4. The number of allylic oxidation sites excluding steroid dienone is 4. The molecule has 0 saturated heterocycles. The molecule has 0 bridgehead atoms. The lowest BCUT2D eigenvalue weighted by Gasteiger charge is -2.44. The first-order chi connectivity index (χ1) is 27.7. The van der Waals surface area contributed by atoms with E-state index >= 15 is 0 Å². The average molecular weight is 757 g/mol. The Morgan fingerprint density at radius 1 is 0.684 bits per heavy atom. The summed E-state index contributed by atoms with van der Waals surface area (Å²) in [6.07, 6.45) is 21.0. The first-order valence-electron chi connectivity index (χ1n) is 22.8. The van der Waals surface area contributed by atoms with Crippen LogP contribution in [0.1, 0.15) is 144 Å². The van der Waals surface area contributed by atoms with Crippen LogP contribution < -0.4 is 9.80 Å². The summed E-state index contributed by atoms with van der Waals surface area (Å²) < 4.78 is 0. The monoisotopic (exact) mass is 757 g/mol. The normalized spacial score (nSPS) is 23.8. The van der Waals surface area contributed by atoms with Crippen molar-refractivity contribution in [1.29, 1.82) is 0 Å². The highest BCUT2D eigenvalue weighted by Crippen LogP contribution is 2.57. The average Bonchev–Trinajstić information content (AvgIpc) is 3.73. The Balaban J connectivity index is 1.20. The smallest absolute Gasteiger partial charge is 0.0574 e. The van der Waals surface area contributed by atoms with E-state index in [1.165, 1.54) is 107 Å². The third kappa shape index (κ3) is 7.59. The predicted octanol–water partition coefficient (Wildman–Crippen LogP) is 15.3. The van der Waals surface area contributed by atoms with Gasteiger partial charge in [-0.1, -0.05) is 113 Å². The van der Waals surface area contributed by atoms with Crippen LogP contribution in [0.3, 0.4) is 0 Å². The number of aryl methyl sites for hydroxylation is 5. The van der Waals surface area contributed by atoms with Crippen LogP contribution in [0.15, 0.2) is 114 Å². The van der Waals surface area contributed by atoms with Gasteiger partial charge in [0.15, 0.2) is 0 Å². The number of hydrogen-bond donors (Lipinski definition) is 0. The third-order valence-electron chi connectivity index (χ3n) is 14.4. The molecule has 6 atom stereocenters. The number of rotatable bonds is 12. The van der Waals surface area contributed by atoms with E-state index in [2.05, 4.69) is 162 Å². The molecule has 0 radical (unpaired) electrons. The van der Waals surface area contributed by atoms with Gasteiger partial charge in [0.1, 0.15) is 0 Å². The Morgan fingerprint density at radius 3 is 1.96 bits per heavy atom. The fourth-order valence-electron chi connectivity index (χ4n) is 11.5. The molecule has 1 saturated carbocycles. The minimum Gasteiger partial charge on any atom is -0.334 e. The number of hydrogen-bond acceptors (Lipinski definition) is 2. The van der Waals surface area contributed by atoms with E-state index in [0.717, 1.165) is 25.7 Å². The molecular weight excluding hydrogens is 689 g/mol. The van der Waals surface area contributed by atoms with Crippen molar-refractivity contribution >= 4 is 22.7 Å². The molecule has 1 fully saturated rings. The zero-order valence-electron chi connectivity index (χ0n) is 36.4. The molecule has 0 heterocycles. The molecule has 4 aliphatic carbocycles. The second kappa shape index (κ2) is 16.9. The molecule has 6 unspecified atom stereocenters. The fraction of sp³-hybridized carbons (Fsp3) is 0.455. The van der Waals surface area contributed by atoms with Gasteiger partial charge >= 0.3 is 0 Å². The first kappa shape index (κ1) is 39.5. The van der Waals surface area contributed by atoms with Crippen LogP contribution in [0, 0.1) is 31.6 Å². The molecule has 4 aromatic carbocycles. The zero-order valence-corrected chi connectivity index (χ0v) is 36.4. The summed E-state index contributed by atoms with van der Waals surface area (Å²) in [5.74, 6) is 2.88. The Kier molecular flexibility index (Phi) is 11.7. The minimum atomic E-state index is 0.363. The van der Waals surface area contributed by atoms with E-state index in [9.17, 15) is 0 Å². The van der Waals surface area contributed by atoms with Crippen LogP contribution in [-0.4, -0.2) is 6.04 Å². The van der Waals surface area contributed by atoms with Gasteiger partial charge in [-0.15, -0.1) is 0 Å². The van der Waals surface area contributed by atoms with Gasteiger partial charge in [-0.2, -0.15) is 0 Å². The van der Waals surface area contributed by atoms with Gasteiger partial charge in [-0.25, -0.2) is 0 Å². The van der Waals surface area contributed by atoms with E-state index in [1.54, 1.807) is 16.7 Å². The topological polar surface area (TPSA) is 6.48 Å².